The lowest BCUT2D eigenvalue weighted by Crippen LogP contribution is -1.90. The summed E-state index contributed by atoms with van der Waals surface area (Å²) in [5.41, 5.74) is 12.3. The first-order valence-corrected chi connectivity index (χ1v) is 17.5. The molecule has 0 fully saturated rings. The van der Waals surface area contributed by atoms with Crippen LogP contribution < -0.4 is 5.32 Å². The van der Waals surface area contributed by atoms with Crippen LogP contribution >= 0.6 is 15.9 Å². The molecule has 1 N–H and O–H groups in total. The van der Waals surface area contributed by atoms with Crippen molar-refractivity contribution in [1.82, 2.24) is 0 Å². The van der Waals surface area contributed by atoms with Crippen LogP contribution in [0.15, 0.2) is 177 Å². The highest BCUT2D eigenvalue weighted by Crippen LogP contribution is 2.43. The van der Waals surface area contributed by atoms with E-state index in [1.165, 1.54) is 16.5 Å². The number of nitrogens with one attached hydrogen (secondary N) is 1. The lowest BCUT2D eigenvalue weighted by atomic mass is 10.00. The fourth-order valence-electron chi connectivity index (χ4n) is 7.23. The number of furan rings is 2. The first kappa shape index (κ1) is 28.9. The summed E-state index contributed by atoms with van der Waals surface area (Å²) in [6.45, 7) is 0. The lowest BCUT2D eigenvalue weighted by molar-refractivity contribution is 0.669. The maximum Gasteiger partial charge on any atom is 0.150 e. The SMILES string of the molecule is Brc1c(-c2ccc3c(c2)oc2c(-c4ccc(Nc5ccc(-c6ccccc6)cc5)cc4)cccc23)ccc2c1oc1c3ccccc3ccc21. The molecule has 2 aromatic heterocycles. The van der Waals surface area contributed by atoms with E-state index in [-0.39, 0.29) is 0 Å². The van der Waals surface area contributed by atoms with E-state index in [4.69, 9.17) is 8.83 Å². The van der Waals surface area contributed by atoms with Crippen molar-refractivity contribution in [3.63, 3.8) is 0 Å². The van der Waals surface area contributed by atoms with Crippen LogP contribution in [0.1, 0.15) is 0 Å². The van der Waals surface area contributed by atoms with Crippen molar-refractivity contribution in [2.75, 3.05) is 5.32 Å². The van der Waals surface area contributed by atoms with Gasteiger partial charge in [-0.15, -0.1) is 0 Å². The van der Waals surface area contributed by atoms with Gasteiger partial charge in [-0.1, -0.05) is 115 Å². The summed E-state index contributed by atoms with van der Waals surface area (Å²) in [5, 5.41) is 10.2. The third kappa shape index (κ3) is 4.72. The second kappa shape index (κ2) is 11.5. The van der Waals surface area contributed by atoms with Crippen LogP contribution in [0.2, 0.25) is 0 Å². The Labute approximate surface area is 296 Å². The van der Waals surface area contributed by atoms with Gasteiger partial charge in [0.1, 0.15) is 22.3 Å². The van der Waals surface area contributed by atoms with Gasteiger partial charge in [0, 0.05) is 43.9 Å². The van der Waals surface area contributed by atoms with Gasteiger partial charge in [-0.2, -0.15) is 0 Å². The summed E-state index contributed by atoms with van der Waals surface area (Å²) in [4.78, 5) is 0. The molecular weight excluding hydrogens is 678 g/mol. The molecule has 0 aliphatic heterocycles. The molecule has 0 aliphatic carbocycles. The molecule has 2 heterocycles. The zero-order chi connectivity index (χ0) is 33.2. The van der Waals surface area contributed by atoms with Crippen LogP contribution in [-0.4, -0.2) is 0 Å². The summed E-state index contributed by atoms with van der Waals surface area (Å²) < 4.78 is 14.1. The monoisotopic (exact) mass is 705 g/mol. The zero-order valence-corrected chi connectivity index (χ0v) is 28.4. The first-order valence-electron chi connectivity index (χ1n) is 16.7. The molecule has 236 valence electrons. The minimum absolute atomic E-state index is 0.850. The number of hydrogen-bond acceptors (Lipinski definition) is 3. The van der Waals surface area contributed by atoms with Gasteiger partial charge in [-0.3, -0.25) is 0 Å². The topological polar surface area (TPSA) is 38.3 Å². The molecule has 0 bridgehead atoms. The van der Waals surface area contributed by atoms with Crippen molar-refractivity contribution in [3.8, 4) is 33.4 Å². The number of fused-ring (bicyclic) bond motifs is 8. The Morgan fingerprint density at radius 2 is 1.00 bits per heavy atom. The van der Waals surface area contributed by atoms with Crippen molar-refractivity contribution < 1.29 is 8.83 Å². The first-order chi connectivity index (χ1) is 24.7. The Hall–Kier alpha value is -6.10. The third-order valence-corrected chi connectivity index (χ3v) is 10.5. The fraction of sp³-hybridized carbons (Fsp3) is 0. The largest absolute Gasteiger partial charge is 0.455 e. The van der Waals surface area contributed by atoms with E-state index in [0.717, 1.165) is 87.4 Å². The molecule has 0 spiro atoms. The highest BCUT2D eigenvalue weighted by atomic mass is 79.9. The molecule has 0 saturated carbocycles. The van der Waals surface area contributed by atoms with Crippen LogP contribution in [0.3, 0.4) is 0 Å². The molecule has 0 aliphatic rings. The Bertz CT molecular complexity index is 2880. The van der Waals surface area contributed by atoms with Gasteiger partial charge in [0.15, 0.2) is 0 Å². The van der Waals surface area contributed by atoms with Gasteiger partial charge in [0.25, 0.3) is 0 Å². The van der Waals surface area contributed by atoms with Crippen molar-refractivity contribution in [2.24, 2.45) is 0 Å². The molecule has 0 amide bonds. The van der Waals surface area contributed by atoms with Crippen LogP contribution in [0.4, 0.5) is 11.4 Å². The van der Waals surface area contributed by atoms with E-state index in [1.807, 2.05) is 6.07 Å². The number of hydrogen-bond donors (Lipinski definition) is 1. The highest BCUT2D eigenvalue weighted by Gasteiger charge is 2.18. The fourth-order valence-corrected chi connectivity index (χ4v) is 7.88. The van der Waals surface area contributed by atoms with Crippen molar-refractivity contribution in [3.05, 3.63) is 168 Å². The van der Waals surface area contributed by atoms with E-state index in [0.29, 0.717) is 0 Å². The average molecular weight is 707 g/mol. The van der Waals surface area contributed by atoms with Gasteiger partial charge >= 0.3 is 0 Å². The van der Waals surface area contributed by atoms with Crippen LogP contribution in [0.5, 0.6) is 0 Å². The molecule has 4 heteroatoms. The average Bonchev–Trinajstić information content (AvgIpc) is 3.75. The minimum Gasteiger partial charge on any atom is -0.455 e. The maximum atomic E-state index is 6.64. The summed E-state index contributed by atoms with van der Waals surface area (Å²) in [6, 6.07) is 57.4. The van der Waals surface area contributed by atoms with E-state index >= 15 is 0 Å². The molecule has 0 radical (unpaired) electrons. The molecule has 0 atom stereocenters. The number of benzene rings is 8. The molecule has 10 aromatic rings. The number of para-hydroxylation sites is 1. The predicted molar refractivity (Wildman–Crippen MR) is 212 cm³/mol. The van der Waals surface area contributed by atoms with Gasteiger partial charge < -0.3 is 14.2 Å². The molecule has 0 unspecified atom stereocenters. The Morgan fingerprint density at radius 3 is 1.82 bits per heavy atom. The zero-order valence-electron chi connectivity index (χ0n) is 26.8. The standard InChI is InChI=1S/C46H28BrNO2/c47-43-35(25-26-41-40-24-17-30-9-4-5-10-36(30)45(40)50-46(41)43)32-18-23-38-39-12-6-11-37(44(39)49-42(38)27-32)31-15-21-34(22-16-31)48-33-19-13-29(14-20-33)28-7-2-1-3-8-28/h1-27,48H. The highest BCUT2D eigenvalue weighted by molar-refractivity contribution is 9.10. The van der Waals surface area contributed by atoms with Gasteiger partial charge in [0.05, 0.1) is 4.47 Å². The predicted octanol–water partition coefficient (Wildman–Crippen LogP) is 14.1. The van der Waals surface area contributed by atoms with Gasteiger partial charge in [0.2, 0.25) is 0 Å². The molecule has 3 nitrogen and oxygen atoms in total. The summed E-state index contributed by atoms with van der Waals surface area (Å²) in [7, 11) is 0. The van der Waals surface area contributed by atoms with Crippen LogP contribution in [0, 0.1) is 0 Å². The molecule has 0 saturated heterocycles. The smallest absolute Gasteiger partial charge is 0.150 e. The van der Waals surface area contributed by atoms with Gasteiger partial charge in [-0.25, -0.2) is 0 Å². The van der Waals surface area contributed by atoms with Crippen molar-refractivity contribution in [1.29, 1.82) is 0 Å². The van der Waals surface area contributed by atoms with E-state index in [9.17, 15) is 0 Å². The second-order valence-electron chi connectivity index (χ2n) is 12.7. The minimum atomic E-state index is 0.850. The Balaban J connectivity index is 0.974. The quantitative estimate of drug-likeness (QED) is 0.194. The third-order valence-electron chi connectivity index (χ3n) is 9.76. The number of anilines is 2. The number of halogens is 1. The molecule has 10 rings (SSSR count). The van der Waals surface area contributed by atoms with E-state index < -0.39 is 0 Å². The second-order valence-corrected chi connectivity index (χ2v) is 13.5. The normalized spacial score (nSPS) is 11.7. The summed E-state index contributed by atoms with van der Waals surface area (Å²) in [5.74, 6) is 0. The van der Waals surface area contributed by atoms with Crippen molar-refractivity contribution in [2.45, 2.75) is 0 Å². The van der Waals surface area contributed by atoms with Crippen LogP contribution in [-0.2, 0) is 0 Å². The lowest BCUT2D eigenvalue weighted by Gasteiger charge is -2.09. The van der Waals surface area contributed by atoms with Gasteiger partial charge in [-0.05, 0) is 97.7 Å². The van der Waals surface area contributed by atoms with Crippen molar-refractivity contribution >= 4 is 82.0 Å². The van der Waals surface area contributed by atoms with E-state index in [1.54, 1.807) is 0 Å². The molecular formula is C46H28BrNO2. The molecule has 50 heavy (non-hydrogen) atoms. The summed E-state index contributed by atoms with van der Waals surface area (Å²) in [6.07, 6.45) is 0. The van der Waals surface area contributed by atoms with E-state index in [2.05, 4.69) is 179 Å². The number of rotatable bonds is 5. The molecule has 8 aromatic carbocycles. The summed E-state index contributed by atoms with van der Waals surface area (Å²) >= 11 is 3.91. The Morgan fingerprint density at radius 1 is 0.380 bits per heavy atom. The maximum absolute atomic E-state index is 6.64. The van der Waals surface area contributed by atoms with Crippen LogP contribution in [0.25, 0.3) is 88.0 Å². The Kier molecular flexibility index (Phi) is 6.64.